The molecule has 0 atom stereocenters. The molecule has 0 saturated heterocycles. The number of nitrogens with zero attached hydrogens (tertiary/aromatic N) is 4. The number of hydrogen-bond donors (Lipinski definition) is 1. The summed E-state index contributed by atoms with van der Waals surface area (Å²) in [4.78, 5) is 9.89. The van der Waals surface area contributed by atoms with E-state index in [1.54, 1.807) is 20.0 Å². The van der Waals surface area contributed by atoms with Gasteiger partial charge in [0.25, 0.3) is 0 Å². The molecule has 0 aliphatic rings. The monoisotopic (exact) mass is 317 g/mol. The van der Waals surface area contributed by atoms with Crippen LogP contribution in [0.4, 0.5) is 17.3 Å². The summed E-state index contributed by atoms with van der Waals surface area (Å²) in [6.45, 7) is 1.79. The Morgan fingerprint density at radius 2 is 1.95 bits per heavy atom. The van der Waals surface area contributed by atoms with Gasteiger partial charge in [-0.15, -0.1) is 0 Å². The summed E-state index contributed by atoms with van der Waals surface area (Å²) >= 11 is 3.39. The van der Waals surface area contributed by atoms with Crippen LogP contribution in [0.3, 0.4) is 0 Å². The second-order valence-corrected chi connectivity index (χ2v) is 4.87. The third-order valence-corrected chi connectivity index (χ3v) is 2.96. The van der Waals surface area contributed by atoms with Gasteiger partial charge in [0.15, 0.2) is 6.19 Å². The van der Waals surface area contributed by atoms with Crippen LogP contribution >= 0.6 is 15.9 Å². The van der Waals surface area contributed by atoms with Crippen molar-refractivity contribution in [2.24, 2.45) is 0 Å². The van der Waals surface area contributed by atoms with Crippen molar-refractivity contribution in [2.45, 2.75) is 6.92 Å². The predicted octanol–water partition coefficient (Wildman–Crippen LogP) is 3.21. The number of hydrogen-bond acceptors (Lipinski definition) is 5. The van der Waals surface area contributed by atoms with E-state index in [1.165, 1.54) is 4.90 Å². The Hall–Kier alpha value is -2.13. The van der Waals surface area contributed by atoms with Gasteiger partial charge in [0, 0.05) is 23.3 Å². The molecule has 0 bridgehead atoms. The lowest BCUT2D eigenvalue weighted by Crippen LogP contribution is -2.12. The molecule has 1 N–H and O–H groups in total. The summed E-state index contributed by atoms with van der Waals surface area (Å²) in [5.74, 6) is 1.83. The van der Waals surface area contributed by atoms with E-state index in [0.29, 0.717) is 17.5 Å². The largest absolute Gasteiger partial charge is 0.340 e. The number of benzene rings is 1. The van der Waals surface area contributed by atoms with Gasteiger partial charge in [-0.05, 0) is 31.2 Å². The molecule has 0 saturated carbocycles. The normalized spacial score (nSPS) is 9.79. The molecular formula is C13H12BrN5. The second-order valence-electron chi connectivity index (χ2n) is 3.95. The maximum atomic E-state index is 8.88. The highest BCUT2D eigenvalue weighted by atomic mass is 79.9. The molecule has 0 fully saturated rings. The van der Waals surface area contributed by atoms with E-state index in [0.717, 1.165) is 10.2 Å². The molecule has 19 heavy (non-hydrogen) atoms. The zero-order valence-corrected chi connectivity index (χ0v) is 12.1. The standard InChI is InChI=1S/C13H12BrN5/c1-9-16-12(7-13(17-9)19(2)8-15)18-11-5-3-10(14)4-6-11/h3-7H,1-2H3,(H,16,17,18). The molecule has 6 heteroatoms. The molecule has 5 nitrogen and oxygen atoms in total. The molecule has 0 spiro atoms. The Labute approximate surface area is 120 Å². The molecule has 96 valence electrons. The van der Waals surface area contributed by atoms with Crippen LogP contribution in [0, 0.1) is 18.4 Å². The van der Waals surface area contributed by atoms with Crippen molar-refractivity contribution in [1.29, 1.82) is 5.26 Å². The van der Waals surface area contributed by atoms with Gasteiger partial charge in [0.1, 0.15) is 17.5 Å². The van der Waals surface area contributed by atoms with Crippen LogP contribution in [0.15, 0.2) is 34.8 Å². The van der Waals surface area contributed by atoms with Gasteiger partial charge >= 0.3 is 0 Å². The molecule has 0 radical (unpaired) electrons. The first-order valence-corrected chi connectivity index (χ1v) is 6.39. The number of nitriles is 1. The molecule has 2 aromatic rings. The first-order chi connectivity index (χ1) is 9.08. The van der Waals surface area contributed by atoms with Crippen molar-refractivity contribution in [2.75, 3.05) is 17.3 Å². The minimum absolute atomic E-state index is 0.564. The van der Waals surface area contributed by atoms with Gasteiger partial charge in [-0.2, -0.15) is 5.26 Å². The number of aryl methyl sites for hydroxylation is 1. The number of rotatable bonds is 3. The third-order valence-electron chi connectivity index (χ3n) is 2.43. The van der Waals surface area contributed by atoms with Gasteiger partial charge in [-0.25, -0.2) is 9.97 Å². The fourth-order valence-corrected chi connectivity index (χ4v) is 1.78. The molecule has 0 aliphatic heterocycles. The van der Waals surface area contributed by atoms with E-state index in [2.05, 4.69) is 31.2 Å². The van der Waals surface area contributed by atoms with Crippen molar-refractivity contribution in [1.82, 2.24) is 9.97 Å². The van der Waals surface area contributed by atoms with Gasteiger partial charge < -0.3 is 5.32 Å². The molecule has 1 aromatic heterocycles. The van der Waals surface area contributed by atoms with Crippen LogP contribution < -0.4 is 10.2 Å². The SMILES string of the molecule is Cc1nc(Nc2ccc(Br)cc2)cc(N(C)C#N)n1. The highest BCUT2D eigenvalue weighted by molar-refractivity contribution is 9.10. The van der Waals surface area contributed by atoms with E-state index < -0.39 is 0 Å². The zero-order valence-electron chi connectivity index (χ0n) is 10.6. The summed E-state index contributed by atoms with van der Waals surface area (Å²) in [7, 11) is 1.66. The van der Waals surface area contributed by atoms with Crippen LogP contribution in [-0.2, 0) is 0 Å². The van der Waals surface area contributed by atoms with E-state index in [9.17, 15) is 0 Å². The van der Waals surface area contributed by atoms with E-state index >= 15 is 0 Å². The lowest BCUT2D eigenvalue weighted by molar-refractivity contribution is 1.02. The minimum atomic E-state index is 0.564. The van der Waals surface area contributed by atoms with Crippen molar-refractivity contribution in [3.63, 3.8) is 0 Å². The fraction of sp³-hybridized carbons (Fsp3) is 0.154. The Morgan fingerprint density at radius 1 is 1.26 bits per heavy atom. The lowest BCUT2D eigenvalue weighted by Gasteiger charge is -2.11. The Kier molecular flexibility index (Phi) is 3.97. The molecule has 2 rings (SSSR count). The Morgan fingerprint density at radius 3 is 2.58 bits per heavy atom. The van der Waals surface area contributed by atoms with Crippen molar-refractivity contribution in [3.05, 3.63) is 40.6 Å². The smallest absolute Gasteiger partial charge is 0.185 e. The predicted molar refractivity (Wildman–Crippen MR) is 78.2 cm³/mol. The molecule has 1 aromatic carbocycles. The maximum Gasteiger partial charge on any atom is 0.185 e. The minimum Gasteiger partial charge on any atom is -0.340 e. The summed E-state index contributed by atoms with van der Waals surface area (Å²) in [5, 5.41) is 12.1. The summed E-state index contributed by atoms with van der Waals surface area (Å²) in [5.41, 5.74) is 0.923. The third kappa shape index (κ3) is 3.42. The number of halogens is 1. The molecular weight excluding hydrogens is 306 g/mol. The van der Waals surface area contributed by atoms with E-state index in [-0.39, 0.29) is 0 Å². The lowest BCUT2D eigenvalue weighted by atomic mass is 10.3. The first-order valence-electron chi connectivity index (χ1n) is 5.60. The summed E-state index contributed by atoms with van der Waals surface area (Å²) in [6.07, 6.45) is 2.02. The van der Waals surface area contributed by atoms with Crippen LogP contribution in [0.2, 0.25) is 0 Å². The summed E-state index contributed by atoms with van der Waals surface area (Å²) in [6, 6.07) is 9.50. The highest BCUT2D eigenvalue weighted by Gasteiger charge is 2.06. The van der Waals surface area contributed by atoms with Crippen LogP contribution in [-0.4, -0.2) is 17.0 Å². The summed E-state index contributed by atoms with van der Waals surface area (Å²) < 4.78 is 1.02. The zero-order chi connectivity index (χ0) is 13.8. The molecule has 0 aliphatic carbocycles. The van der Waals surface area contributed by atoms with Crippen LogP contribution in [0.25, 0.3) is 0 Å². The average Bonchev–Trinajstić information content (AvgIpc) is 2.40. The van der Waals surface area contributed by atoms with Crippen molar-refractivity contribution < 1.29 is 0 Å². The number of aromatic nitrogens is 2. The average molecular weight is 318 g/mol. The molecule has 0 amide bonds. The topological polar surface area (TPSA) is 64.8 Å². The fourth-order valence-electron chi connectivity index (χ4n) is 1.52. The second kappa shape index (κ2) is 5.67. The van der Waals surface area contributed by atoms with Gasteiger partial charge in [-0.1, -0.05) is 15.9 Å². The van der Waals surface area contributed by atoms with Gasteiger partial charge in [-0.3, -0.25) is 4.90 Å². The van der Waals surface area contributed by atoms with Crippen LogP contribution in [0.5, 0.6) is 0 Å². The highest BCUT2D eigenvalue weighted by Crippen LogP contribution is 2.20. The molecule has 1 heterocycles. The molecule has 0 unspecified atom stereocenters. The maximum absolute atomic E-state index is 8.88. The van der Waals surface area contributed by atoms with Crippen LogP contribution in [0.1, 0.15) is 5.82 Å². The van der Waals surface area contributed by atoms with E-state index in [1.807, 2.05) is 30.5 Å². The first kappa shape index (κ1) is 13.3. The number of anilines is 3. The Bertz CT molecular complexity index is 618. The number of nitrogens with one attached hydrogen (secondary N) is 1. The quantitative estimate of drug-likeness (QED) is 0.695. The van der Waals surface area contributed by atoms with Crippen molar-refractivity contribution in [3.8, 4) is 6.19 Å². The Balaban J connectivity index is 2.28. The van der Waals surface area contributed by atoms with Crippen molar-refractivity contribution >= 4 is 33.3 Å². The van der Waals surface area contributed by atoms with Gasteiger partial charge in [0.05, 0.1) is 0 Å². The van der Waals surface area contributed by atoms with Gasteiger partial charge in [0.2, 0.25) is 0 Å². The van der Waals surface area contributed by atoms with E-state index in [4.69, 9.17) is 5.26 Å².